The molecule has 4 aromatic rings. The Morgan fingerprint density at radius 3 is 2.81 bits per heavy atom. The second kappa shape index (κ2) is 10.3. The Hall–Kier alpha value is -4.14. The number of ether oxygens (including phenoxy) is 2. The minimum atomic E-state index is -0.920. The van der Waals surface area contributed by atoms with E-state index in [-0.39, 0.29) is 46.1 Å². The van der Waals surface area contributed by atoms with E-state index in [1.807, 2.05) is 4.90 Å². The van der Waals surface area contributed by atoms with Crippen molar-refractivity contribution in [2.45, 2.75) is 31.0 Å². The van der Waals surface area contributed by atoms with Crippen LogP contribution >= 0.6 is 0 Å². The molecule has 1 N–H and O–H groups in total. The zero-order valence-electron chi connectivity index (χ0n) is 22.7. The first-order chi connectivity index (χ1) is 20.4. The molecule has 42 heavy (non-hydrogen) atoms. The summed E-state index contributed by atoms with van der Waals surface area (Å²) in [6, 6.07) is 5.38. The van der Waals surface area contributed by atoms with Gasteiger partial charge in [0.1, 0.15) is 41.4 Å². The fourth-order valence-corrected chi connectivity index (χ4v) is 6.69. The van der Waals surface area contributed by atoms with Crippen LogP contribution in [-0.4, -0.2) is 82.7 Å². The summed E-state index contributed by atoms with van der Waals surface area (Å²) in [6.07, 6.45) is 8.31. The fourth-order valence-electron chi connectivity index (χ4n) is 6.69. The molecular formula is C31H28F3N5O3. The van der Waals surface area contributed by atoms with Crippen LogP contribution in [0.3, 0.4) is 0 Å². The number of aromatic nitrogens is 3. The lowest BCUT2D eigenvalue weighted by atomic mass is 9.95. The molecule has 2 aromatic heterocycles. The van der Waals surface area contributed by atoms with E-state index in [0.717, 1.165) is 19.4 Å². The summed E-state index contributed by atoms with van der Waals surface area (Å²) >= 11 is 0. The van der Waals surface area contributed by atoms with Gasteiger partial charge in [0.15, 0.2) is 5.82 Å². The molecule has 216 valence electrons. The number of hydrogen-bond acceptors (Lipinski definition) is 8. The summed E-state index contributed by atoms with van der Waals surface area (Å²) in [5.74, 6) is 1.20. The lowest BCUT2D eigenvalue weighted by Crippen LogP contribution is -2.43. The Kier molecular flexibility index (Phi) is 6.55. The lowest BCUT2D eigenvalue weighted by molar-refractivity contribution is 0.107. The van der Waals surface area contributed by atoms with Crippen molar-refractivity contribution in [3.63, 3.8) is 0 Å². The molecule has 2 aromatic carbocycles. The largest absolute Gasteiger partial charge is 0.508 e. The number of pyridine rings is 1. The minimum absolute atomic E-state index is 0.0281. The molecule has 2 atom stereocenters. The highest BCUT2D eigenvalue weighted by atomic mass is 19.1. The van der Waals surface area contributed by atoms with Crippen molar-refractivity contribution in [2.75, 3.05) is 50.9 Å². The number of terminal acetylenes is 1. The number of morpholine rings is 1. The summed E-state index contributed by atoms with van der Waals surface area (Å²) in [5, 5.41) is 11.5. The van der Waals surface area contributed by atoms with Crippen molar-refractivity contribution < 1.29 is 27.8 Å². The summed E-state index contributed by atoms with van der Waals surface area (Å²) in [5.41, 5.74) is -0.564. The number of fused-ring (bicyclic) bond motifs is 3. The molecule has 8 nitrogen and oxygen atoms in total. The van der Waals surface area contributed by atoms with E-state index >= 15 is 4.39 Å². The number of phenols is 1. The maximum absolute atomic E-state index is 16.5. The first kappa shape index (κ1) is 26.7. The van der Waals surface area contributed by atoms with Gasteiger partial charge in [-0.1, -0.05) is 12.0 Å². The molecule has 0 aliphatic carbocycles. The van der Waals surface area contributed by atoms with Crippen LogP contribution in [0.2, 0.25) is 0 Å². The van der Waals surface area contributed by atoms with E-state index in [4.69, 9.17) is 15.9 Å². The molecule has 1 unspecified atom stereocenters. The van der Waals surface area contributed by atoms with Crippen LogP contribution in [0.1, 0.15) is 24.8 Å². The minimum Gasteiger partial charge on any atom is -0.508 e. The molecule has 3 fully saturated rings. The molecule has 0 bridgehead atoms. The normalized spacial score (nSPS) is 22.5. The summed E-state index contributed by atoms with van der Waals surface area (Å²) in [7, 11) is 0. The van der Waals surface area contributed by atoms with Crippen molar-refractivity contribution >= 4 is 27.5 Å². The van der Waals surface area contributed by atoms with Crippen molar-refractivity contribution in [2.24, 2.45) is 0 Å². The molecule has 3 aliphatic rings. The SMILES string of the molecule is C#Cc1c(F)ccc2cc(O)cc(-c3ncc4c(N5CCOCC5)nc(OC[C@@]56CCCN5CC(F)C6)nc4c3F)c12. The van der Waals surface area contributed by atoms with Gasteiger partial charge < -0.3 is 19.5 Å². The van der Waals surface area contributed by atoms with Gasteiger partial charge in [-0.25, -0.2) is 13.2 Å². The number of halogens is 3. The Morgan fingerprint density at radius 1 is 1.17 bits per heavy atom. The number of phenolic OH excluding ortho intramolecular Hbond substituents is 1. The topological polar surface area (TPSA) is 83.8 Å². The Balaban J connectivity index is 1.38. The Morgan fingerprint density at radius 2 is 2.00 bits per heavy atom. The molecule has 0 saturated carbocycles. The first-order valence-electron chi connectivity index (χ1n) is 14.0. The third-order valence-electron chi connectivity index (χ3n) is 8.64. The van der Waals surface area contributed by atoms with E-state index in [9.17, 15) is 13.9 Å². The van der Waals surface area contributed by atoms with E-state index in [1.54, 1.807) is 0 Å². The Labute approximate surface area is 240 Å². The molecule has 7 rings (SSSR count). The van der Waals surface area contributed by atoms with Gasteiger partial charge in [-0.05, 0) is 43.0 Å². The average molecular weight is 576 g/mol. The number of rotatable bonds is 5. The van der Waals surface area contributed by atoms with Crippen molar-refractivity contribution in [3.8, 4) is 35.4 Å². The molecule has 0 radical (unpaired) electrons. The number of hydrogen-bond donors (Lipinski definition) is 1. The number of anilines is 1. The highest BCUT2D eigenvalue weighted by Crippen LogP contribution is 2.41. The molecule has 11 heteroatoms. The van der Waals surface area contributed by atoms with Gasteiger partial charge in [-0.3, -0.25) is 9.88 Å². The lowest BCUT2D eigenvalue weighted by Gasteiger charge is -2.31. The highest BCUT2D eigenvalue weighted by molar-refractivity contribution is 6.03. The summed E-state index contributed by atoms with van der Waals surface area (Å²) in [6.45, 7) is 3.37. The maximum atomic E-state index is 16.5. The molecule has 3 saturated heterocycles. The van der Waals surface area contributed by atoms with Crippen LogP contribution < -0.4 is 9.64 Å². The monoisotopic (exact) mass is 575 g/mol. The van der Waals surface area contributed by atoms with Gasteiger partial charge in [0.05, 0.1) is 29.7 Å². The predicted molar refractivity (Wildman–Crippen MR) is 151 cm³/mol. The van der Waals surface area contributed by atoms with Crippen LogP contribution in [0.5, 0.6) is 11.8 Å². The van der Waals surface area contributed by atoms with Gasteiger partial charge in [-0.2, -0.15) is 9.97 Å². The predicted octanol–water partition coefficient (Wildman–Crippen LogP) is 4.60. The molecule has 5 heterocycles. The third-order valence-corrected chi connectivity index (χ3v) is 8.64. The summed E-state index contributed by atoms with van der Waals surface area (Å²) in [4.78, 5) is 17.6. The third kappa shape index (κ3) is 4.37. The zero-order valence-corrected chi connectivity index (χ0v) is 22.7. The van der Waals surface area contributed by atoms with Gasteiger partial charge in [0.25, 0.3) is 0 Å². The van der Waals surface area contributed by atoms with Gasteiger partial charge >= 0.3 is 6.01 Å². The van der Waals surface area contributed by atoms with Gasteiger partial charge in [0.2, 0.25) is 0 Å². The van der Waals surface area contributed by atoms with Crippen LogP contribution in [-0.2, 0) is 4.74 Å². The fraction of sp³-hybridized carbons (Fsp3) is 0.387. The van der Waals surface area contributed by atoms with E-state index in [2.05, 4.69) is 25.8 Å². The van der Waals surface area contributed by atoms with Crippen molar-refractivity contribution in [3.05, 3.63) is 47.7 Å². The molecule has 0 amide bonds. The van der Waals surface area contributed by atoms with E-state index < -0.39 is 23.3 Å². The summed E-state index contributed by atoms with van der Waals surface area (Å²) < 4.78 is 57.2. The number of aromatic hydroxyl groups is 1. The van der Waals surface area contributed by atoms with Gasteiger partial charge in [-0.15, -0.1) is 6.42 Å². The average Bonchev–Trinajstić information content (AvgIpc) is 3.52. The second-order valence-corrected chi connectivity index (χ2v) is 11.1. The molecular weight excluding hydrogens is 547 g/mol. The standard InChI is InChI=1S/C31H28F3N5O3/c1-2-21-24(33)5-4-18-12-20(40)13-22(25(18)21)27-26(34)28-23(15-35-27)29(38-8-10-41-11-9-38)37-30(36-28)42-17-31-6-3-7-39(31)16-19(32)14-31/h1,4-5,12-13,15,19,40H,3,6-11,14,16-17H2/t19?,31-/m0/s1. The second-order valence-electron chi connectivity index (χ2n) is 11.1. The maximum Gasteiger partial charge on any atom is 0.319 e. The molecule has 3 aliphatic heterocycles. The van der Waals surface area contributed by atoms with Crippen molar-refractivity contribution in [1.29, 1.82) is 0 Å². The van der Waals surface area contributed by atoms with Crippen LogP contribution in [0.4, 0.5) is 19.0 Å². The number of benzene rings is 2. The zero-order chi connectivity index (χ0) is 29.0. The van der Waals surface area contributed by atoms with Crippen LogP contribution in [0, 0.1) is 24.0 Å². The smallest absolute Gasteiger partial charge is 0.319 e. The highest BCUT2D eigenvalue weighted by Gasteiger charge is 2.49. The number of alkyl halides is 1. The van der Waals surface area contributed by atoms with Crippen molar-refractivity contribution in [1.82, 2.24) is 19.9 Å². The van der Waals surface area contributed by atoms with Crippen LogP contribution in [0.25, 0.3) is 32.9 Å². The van der Waals surface area contributed by atoms with E-state index in [0.29, 0.717) is 55.9 Å². The van der Waals surface area contributed by atoms with Gasteiger partial charge in [0, 0.05) is 43.2 Å². The number of nitrogens with zero attached hydrogens (tertiary/aromatic N) is 5. The van der Waals surface area contributed by atoms with E-state index in [1.165, 1.54) is 30.5 Å². The first-order valence-corrected chi connectivity index (χ1v) is 14.0. The van der Waals surface area contributed by atoms with Crippen LogP contribution in [0.15, 0.2) is 30.5 Å². The quantitative estimate of drug-likeness (QED) is 0.346. The Bertz CT molecular complexity index is 1760. The molecule has 0 spiro atoms.